The zero-order valence-electron chi connectivity index (χ0n) is 13.2. The average molecular weight is 350 g/mol. The summed E-state index contributed by atoms with van der Waals surface area (Å²) in [4.78, 5) is 0. The second-order valence-electron chi connectivity index (χ2n) is 6.46. The van der Waals surface area contributed by atoms with Crippen LogP contribution in [0.2, 0.25) is 0 Å². The van der Waals surface area contributed by atoms with Crippen molar-refractivity contribution in [3.05, 3.63) is 90.0 Å². The Labute approximate surface area is 145 Å². The van der Waals surface area contributed by atoms with E-state index in [1.807, 2.05) is 78.9 Å². The van der Waals surface area contributed by atoms with Crippen LogP contribution in [0.15, 0.2) is 78.9 Å². The normalized spacial score (nSPS) is 27.6. The molecule has 3 heterocycles. The molecule has 2 unspecified atom stereocenters. The summed E-state index contributed by atoms with van der Waals surface area (Å²) in [5.41, 5.74) is 1.89. The molecule has 0 aromatic heterocycles. The van der Waals surface area contributed by atoms with Gasteiger partial charge in [-0.05, 0) is 0 Å². The third kappa shape index (κ3) is 1.53. The van der Waals surface area contributed by atoms with Crippen molar-refractivity contribution >= 4 is 12.6 Å². The van der Waals surface area contributed by atoms with Gasteiger partial charge in [0.1, 0.15) is 0 Å². The number of fused-ring (bicyclic) bond motifs is 5. The first-order chi connectivity index (χ1) is 12.3. The van der Waals surface area contributed by atoms with Gasteiger partial charge in [-0.1, -0.05) is 0 Å². The van der Waals surface area contributed by atoms with E-state index in [1.54, 1.807) is 0 Å². The van der Waals surface area contributed by atoms with Crippen LogP contribution in [-0.2, 0) is 9.26 Å². The Hall–Kier alpha value is -2.39. The van der Waals surface area contributed by atoms with Gasteiger partial charge in [0.05, 0.1) is 0 Å². The second kappa shape index (κ2) is 4.41. The minimum atomic E-state index is -3.76. The van der Waals surface area contributed by atoms with Crippen molar-refractivity contribution in [2.24, 2.45) is 0 Å². The number of para-hydroxylation sites is 2. The van der Waals surface area contributed by atoms with Gasteiger partial charge in [0.2, 0.25) is 0 Å². The predicted molar refractivity (Wildman–Crippen MR) is 94.8 cm³/mol. The van der Waals surface area contributed by atoms with Crippen LogP contribution in [0.1, 0.15) is 23.3 Å². The van der Waals surface area contributed by atoms with Gasteiger partial charge in [0.25, 0.3) is 0 Å². The third-order valence-electron chi connectivity index (χ3n) is 5.07. The molecule has 3 aliphatic rings. The molecule has 6 rings (SSSR count). The number of rotatable bonds is 1. The molecule has 25 heavy (non-hydrogen) atoms. The number of hydrogen-bond donors (Lipinski definition) is 0. The molecule has 1 fully saturated rings. The van der Waals surface area contributed by atoms with E-state index in [1.165, 1.54) is 0 Å². The number of benzene rings is 3. The van der Waals surface area contributed by atoms with Crippen LogP contribution in [0.25, 0.3) is 0 Å². The molecule has 3 aromatic carbocycles. The summed E-state index contributed by atoms with van der Waals surface area (Å²) < 4.78 is 26.2. The van der Waals surface area contributed by atoms with Gasteiger partial charge >= 0.3 is 145 Å². The van der Waals surface area contributed by atoms with Gasteiger partial charge in [-0.25, -0.2) is 0 Å². The quantitative estimate of drug-likeness (QED) is 0.589. The van der Waals surface area contributed by atoms with Crippen LogP contribution in [0, 0.1) is 0 Å². The van der Waals surface area contributed by atoms with Crippen molar-refractivity contribution < 1.29 is 18.3 Å². The summed E-state index contributed by atoms with van der Waals surface area (Å²) in [7, 11) is -3.76. The maximum absolute atomic E-state index is 6.65. The molecule has 3 aromatic rings. The molecule has 0 N–H and O–H groups in total. The molecule has 1 saturated heterocycles. The van der Waals surface area contributed by atoms with Crippen molar-refractivity contribution in [2.75, 3.05) is 0 Å². The van der Waals surface area contributed by atoms with Crippen LogP contribution in [-0.4, -0.2) is 0 Å². The first-order valence-electron chi connectivity index (χ1n) is 8.29. The van der Waals surface area contributed by atoms with E-state index in [9.17, 15) is 0 Å². The minimum absolute atomic E-state index is 0.387. The Kier molecular flexibility index (Phi) is 2.44. The molecular weight excluding hydrogens is 335 g/mol. The molecule has 0 radical (unpaired) electrons. The predicted octanol–water partition coefficient (Wildman–Crippen LogP) is 4.84. The average Bonchev–Trinajstić information content (AvgIpc) is 3.08. The molecule has 0 saturated carbocycles. The van der Waals surface area contributed by atoms with E-state index in [0.29, 0.717) is 0 Å². The van der Waals surface area contributed by atoms with E-state index in [4.69, 9.17) is 18.3 Å². The van der Waals surface area contributed by atoms with Crippen molar-refractivity contribution in [1.29, 1.82) is 0 Å². The molecule has 5 heteroatoms. The fourth-order valence-corrected chi connectivity index (χ4v) is 8.34. The van der Waals surface area contributed by atoms with E-state index in [-0.39, 0.29) is 5.85 Å². The van der Waals surface area contributed by atoms with Gasteiger partial charge < -0.3 is 0 Å². The van der Waals surface area contributed by atoms with E-state index in [2.05, 4.69) is 0 Å². The molecular formula is C20H15O4P. The summed E-state index contributed by atoms with van der Waals surface area (Å²) in [6, 6.07) is 25.7. The van der Waals surface area contributed by atoms with Crippen LogP contribution in [0.4, 0.5) is 0 Å². The van der Waals surface area contributed by atoms with Crippen LogP contribution < -0.4 is 14.4 Å². The summed E-state index contributed by atoms with van der Waals surface area (Å²) in [6.45, 7) is 0. The molecule has 3 aliphatic heterocycles. The van der Waals surface area contributed by atoms with Gasteiger partial charge in [0, 0.05) is 0 Å². The number of ether oxygens (including phenoxy) is 1. The van der Waals surface area contributed by atoms with Crippen molar-refractivity contribution in [3.63, 3.8) is 0 Å². The SMILES string of the molecule is c1ccc(P234Oc5ccccc5C(OC2c2ccccc2O3)O4)cc1. The summed E-state index contributed by atoms with van der Waals surface area (Å²) >= 11 is 0. The molecule has 1 spiro atoms. The first-order valence-corrected chi connectivity index (χ1v) is 10.3. The van der Waals surface area contributed by atoms with E-state index >= 15 is 0 Å². The Morgan fingerprint density at radius 2 is 1.24 bits per heavy atom. The summed E-state index contributed by atoms with van der Waals surface area (Å²) in [6.07, 6.45) is -0.485. The first kappa shape index (κ1) is 13.9. The molecule has 0 aliphatic carbocycles. The molecule has 4 nitrogen and oxygen atoms in total. The maximum atomic E-state index is 6.65. The van der Waals surface area contributed by atoms with Gasteiger partial charge in [-0.15, -0.1) is 0 Å². The Balaban J connectivity index is 1.68. The fourth-order valence-electron chi connectivity index (χ4n) is 3.98. The fraction of sp³-hybridized carbons (Fsp3) is 0.100. The van der Waals surface area contributed by atoms with E-state index in [0.717, 1.165) is 27.9 Å². The Bertz CT molecular complexity index is 1010. The van der Waals surface area contributed by atoms with Gasteiger partial charge in [-0.2, -0.15) is 0 Å². The van der Waals surface area contributed by atoms with Crippen molar-refractivity contribution in [3.8, 4) is 11.5 Å². The van der Waals surface area contributed by atoms with Gasteiger partial charge in [-0.3, -0.25) is 0 Å². The molecule has 2 bridgehead atoms. The summed E-state index contributed by atoms with van der Waals surface area (Å²) in [5.74, 6) is 1.16. The van der Waals surface area contributed by atoms with Crippen LogP contribution in [0.5, 0.6) is 11.5 Å². The second-order valence-corrected chi connectivity index (χ2v) is 9.91. The summed E-state index contributed by atoms with van der Waals surface area (Å²) in [5, 5.41) is 0.909. The zero-order chi connectivity index (χ0) is 16.5. The zero-order valence-corrected chi connectivity index (χ0v) is 14.1. The Morgan fingerprint density at radius 3 is 2.00 bits per heavy atom. The van der Waals surface area contributed by atoms with Crippen LogP contribution in [0.3, 0.4) is 0 Å². The standard InChI is InChI=1S/C20H15O4P/c1-2-8-14(9-3-1)25-20(16-11-5-7-13-18(16)23-25)21-19(24-25)15-10-4-6-12-17(15)22-25/h1-13,19-20H. The van der Waals surface area contributed by atoms with Crippen LogP contribution >= 0.6 is 7.28 Å². The van der Waals surface area contributed by atoms with Gasteiger partial charge in [0.15, 0.2) is 0 Å². The molecule has 0 amide bonds. The van der Waals surface area contributed by atoms with Crippen molar-refractivity contribution in [2.45, 2.75) is 12.1 Å². The van der Waals surface area contributed by atoms with E-state index < -0.39 is 13.6 Å². The Morgan fingerprint density at radius 1 is 0.640 bits per heavy atom. The topological polar surface area (TPSA) is 36.9 Å². The molecule has 2 atom stereocenters. The monoisotopic (exact) mass is 350 g/mol. The molecule has 124 valence electrons. The number of hydrogen-bond acceptors (Lipinski definition) is 4. The van der Waals surface area contributed by atoms with Crippen molar-refractivity contribution in [1.82, 2.24) is 0 Å². The third-order valence-corrected chi connectivity index (χ3v) is 9.19.